The Morgan fingerprint density at radius 3 is 2.71 bits per heavy atom. The van der Waals surface area contributed by atoms with Crippen molar-refractivity contribution in [2.75, 3.05) is 33.7 Å². The maximum Gasteiger partial charge on any atom is 0.237 e. The molecular weight excluding hydrogens is 268 g/mol. The van der Waals surface area contributed by atoms with Crippen molar-refractivity contribution in [1.29, 1.82) is 0 Å². The molecule has 0 spiro atoms. The number of hydrogen-bond donors (Lipinski definition) is 0. The van der Waals surface area contributed by atoms with Gasteiger partial charge in [0.25, 0.3) is 0 Å². The maximum absolute atomic E-state index is 11.7. The zero-order chi connectivity index (χ0) is 15.6. The lowest BCUT2D eigenvalue weighted by atomic mass is 9.92. The van der Waals surface area contributed by atoms with E-state index in [1.165, 1.54) is 0 Å². The lowest BCUT2D eigenvalue weighted by Crippen LogP contribution is -2.50. The van der Waals surface area contributed by atoms with E-state index in [9.17, 15) is 4.79 Å². The molecule has 1 aromatic heterocycles. The first-order chi connectivity index (χ1) is 9.88. The fraction of sp³-hybridized carbons (Fsp3) is 0.800. The normalized spacial score (nSPS) is 22.7. The third-order valence-corrected chi connectivity index (χ3v) is 4.25. The number of rotatable bonds is 5. The van der Waals surface area contributed by atoms with E-state index in [2.05, 4.69) is 34.0 Å². The van der Waals surface area contributed by atoms with Gasteiger partial charge in [-0.3, -0.25) is 4.79 Å². The molecule has 0 bridgehead atoms. The second kappa shape index (κ2) is 6.66. The zero-order valence-corrected chi connectivity index (χ0v) is 13.7. The molecule has 0 radical (unpaired) electrons. The summed E-state index contributed by atoms with van der Waals surface area (Å²) in [6.45, 7) is 8.72. The minimum Gasteiger partial charge on any atom is -0.339 e. The fourth-order valence-electron chi connectivity index (χ4n) is 2.94. The molecule has 1 aliphatic rings. The van der Waals surface area contributed by atoms with Crippen LogP contribution >= 0.6 is 0 Å². The Morgan fingerprint density at radius 1 is 1.38 bits per heavy atom. The zero-order valence-electron chi connectivity index (χ0n) is 13.7. The smallest absolute Gasteiger partial charge is 0.237 e. The summed E-state index contributed by atoms with van der Waals surface area (Å²) < 4.78 is 5.34. The van der Waals surface area contributed by atoms with Gasteiger partial charge < -0.3 is 14.3 Å². The molecule has 0 amide bonds. The van der Waals surface area contributed by atoms with Crippen LogP contribution in [-0.4, -0.2) is 65.5 Å². The molecular formula is C15H26N4O2. The van der Waals surface area contributed by atoms with Crippen LogP contribution in [0.2, 0.25) is 0 Å². The minimum atomic E-state index is -0.294. The van der Waals surface area contributed by atoms with E-state index in [0.29, 0.717) is 17.8 Å². The largest absolute Gasteiger partial charge is 0.339 e. The molecule has 1 saturated heterocycles. The van der Waals surface area contributed by atoms with Crippen molar-refractivity contribution in [3.63, 3.8) is 0 Å². The Balaban J connectivity index is 2.07. The average Bonchev–Trinajstić information content (AvgIpc) is 2.81. The Kier molecular flexibility index (Phi) is 5.11. The molecule has 6 nitrogen and oxygen atoms in total. The Bertz CT molecular complexity index is 486. The van der Waals surface area contributed by atoms with E-state index in [4.69, 9.17) is 4.52 Å². The van der Waals surface area contributed by atoms with E-state index in [0.717, 1.165) is 26.1 Å². The number of carbonyl (C=O) groups is 1. The van der Waals surface area contributed by atoms with Crippen molar-refractivity contribution in [1.82, 2.24) is 19.9 Å². The number of carbonyl (C=O) groups excluding carboxylic acids is 1. The lowest BCUT2D eigenvalue weighted by molar-refractivity contribution is -0.119. The number of Topliss-reactive ketones (excluding diaryl/α,β-unsaturated/α-hetero) is 1. The first-order valence-corrected chi connectivity index (χ1v) is 7.60. The summed E-state index contributed by atoms with van der Waals surface area (Å²) in [7, 11) is 4.26. The number of piperazine rings is 1. The predicted octanol–water partition coefficient (Wildman–Crippen LogP) is 1.19. The van der Waals surface area contributed by atoms with Crippen LogP contribution in [0.3, 0.4) is 0 Å². The number of aromatic nitrogens is 2. The van der Waals surface area contributed by atoms with E-state index in [1.807, 2.05) is 13.8 Å². The molecule has 118 valence electrons. The van der Waals surface area contributed by atoms with Gasteiger partial charge in [-0.25, -0.2) is 0 Å². The van der Waals surface area contributed by atoms with Gasteiger partial charge in [0, 0.05) is 32.1 Å². The summed E-state index contributed by atoms with van der Waals surface area (Å²) in [6, 6.07) is 0.393. The molecule has 6 heteroatoms. The third-order valence-electron chi connectivity index (χ3n) is 4.25. The molecule has 2 atom stereocenters. The summed E-state index contributed by atoms with van der Waals surface area (Å²) in [5, 5.41) is 4.07. The average molecular weight is 294 g/mol. The van der Waals surface area contributed by atoms with Crippen LogP contribution in [0.5, 0.6) is 0 Å². The molecule has 0 saturated carbocycles. The van der Waals surface area contributed by atoms with Crippen LogP contribution in [0.4, 0.5) is 0 Å². The molecule has 2 heterocycles. The minimum absolute atomic E-state index is 0.0784. The predicted molar refractivity (Wildman–Crippen MR) is 80.2 cm³/mol. The highest BCUT2D eigenvalue weighted by atomic mass is 16.5. The van der Waals surface area contributed by atoms with Crippen molar-refractivity contribution in [2.45, 2.75) is 39.2 Å². The van der Waals surface area contributed by atoms with Gasteiger partial charge in [-0.1, -0.05) is 19.0 Å². The van der Waals surface area contributed by atoms with Crippen LogP contribution in [0.25, 0.3) is 0 Å². The molecule has 0 aromatic carbocycles. The van der Waals surface area contributed by atoms with Gasteiger partial charge in [-0.2, -0.15) is 4.98 Å². The Morgan fingerprint density at radius 2 is 2.10 bits per heavy atom. The van der Waals surface area contributed by atoms with Gasteiger partial charge in [-0.05, 0) is 26.9 Å². The third kappa shape index (κ3) is 3.89. The SMILES string of the molecule is CC(=O)C(c1nc(CC2CN(C)CCN2C)no1)C(C)C. The van der Waals surface area contributed by atoms with Crippen LogP contribution < -0.4 is 0 Å². The molecule has 1 aliphatic heterocycles. The molecule has 1 fully saturated rings. The van der Waals surface area contributed by atoms with Crippen molar-refractivity contribution in [3.05, 3.63) is 11.7 Å². The van der Waals surface area contributed by atoms with Crippen molar-refractivity contribution in [3.8, 4) is 0 Å². The van der Waals surface area contributed by atoms with E-state index in [-0.39, 0.29) is 17.6 Å². The lowest BCUT2D eigenvalue weighted by Gasteiger charge is -2.37. The van der Waals surface area contributed by atoms with Crippen molar-refractivity contribution >= 4 is 5.78 Å². The summed E-state index contributed by atoms with van der Waals surface area (Å²) >= 11 is 0. The standard InChI is InChI=1S/C15H26N4O2/c1-10(2)14(11(3)20)15-16-13(17-21-15)8-12-9-18(4)6-7-19(12)5/h10,12,14H,6-9H2,1-5H3. The first kappa shape index (κ1) is 16.1. The maximum atomic E-state index is 11.7. The van der Waals surface area contributed by atoms with Crippen LogP contribution in [0, 0.1) is 5.92 Å². The number of hydrogen-bond acceptors (Lipinski definition) is 6. The molecule has 1 aromatic rings. The summed E-state index contributed by atoms with van der Waals surface area (Å²) in [6.07, 6.45) is 0.757. The molecule has 0 aliphatic carbocycles. The fourth-order valence-corrected chi connectivity index (χ4v) is 2.94. The summed E-state index contributed by atoms with van der Waals surface area (Å²) in [4.78, 5) is 20.9. The van der Waals surface area contributed by atoms with Gasteiger partial charge >= 0.3 is 0 Å². The quantitative estimate of drug-likeness (QED) is 0.813. The highest BCUT2D eigenvalue weighted by Crippen LogP contribution is 2.24. The van der Waals surface area contributed by atoms with Crippen molar-refractivity contribution in [2.24, 2.45) is 5.92 Å². The van der Waals surface area contributed by atoms with Crippen LogP contribution in [0.1, 0.15) is 38.4 Å². The van der Waals surface area contributed by atoms with Crippen molar-refractivity contribution < 1.29 is 9.32 Å². The van der Waals surface area contributed by atoms with Gasteiger partial charge in [0.15, 0.2) is 5.82 Å². The van der Waals surface area contributed by atoms with E-state index < -0.39 is 0 Å². The van der Waals surface area contributed by atoms with Gasteiger partial charge in [0.2, 0.25) is 5.89 Å². The van der Waals surface area contributed by atoms with Crippen LogP contribution in [-0.2, 0) is 11.2 Å². The number of ketones is 1. The summed E-state index contributed by atoms with van der Waals surface area (Å²) in [5.41, 5.74) is 0. The van der Waals surface area contributed by atoms with Gasteiger partial charge in [0.05, 0.1) is 5.92 Å². The topological polar surface area (TPSA) is 62.5 Å². The molecule has 2 unspecified atom stereocenters. The monoisotopic (exact) mass is 294 g/mol. The second-order valence-corrected chi connectivity index (χ2v) is 6.48. The van der Waals surface area contributed by atoms with E-state index >= 15 is 0 Å². The highest BCUT2D eigenvalue weighted by molar-refractivity contribution is 5.82. The Hall–Kier alpha value is -1.27. The Labute approximate surface area is 126 Å². The highest BCUT2D eigenvalue weighted by Gasteiger charge is 2.28. The van der Waals surface area contributed by atoms with Gasteiger partial charge in [-0.15, -0.1) is 0 Å². The second-order valence-electron chi connectivity index (χ2n) is 6.48. The molecule has 0 N–H and O–H groups in total. The van der Waals surface area contributed by atoms with E-state index in [1.54, 1.807) is 6.92 Å². The molecule has 21 heavy (non-hydrogen) atoms. The number of nitrogens with zero attached hydrogens (tertiary/aromatic N) is 4. The van der Waals surface area contributed by atoms with Gasteiger partial charge in [0.1, 0.15) is 5.78 Å². The number of likely N-dealkylation sites (N-methyl/N-ethyl adjacent to an activating group) is 2. The first-order valence-electron chi connectivity index (χ1n) is 7.60. The molecule has 2 rings (SSSR count). The van der Waals surface area contributed by atoms with Crippen LogP contribution in [0.15, 0.2) is 4.52 Å². The summed E-state index contributed by atoms with van der Waals surface area (Å²) in [5.74, 6) is 1.11.